The highest BCUT2D eigenvalue weighted by atomic mass is 32.2. The van der Waals surface area contributed by atoms with Crippen molar-refractivity contribution in [2.24, 2.45) is 0 Å². The van der Waals surface area contributed by atoms with Crippen molar-refractivity contribution in [1.82, 2.24) is 24.2 Å². The number of nitrogens with one attached hydrogen (secondary N) is 2. The van der Waals surface area contributed by atoms with Crippen molar-refractivity contribution in [3.8, 4) is 0 Å². The van der Waals surface area contributed by atoms with Gasteiger partial charge in [-0.2, -0.15) is 4.31 Å². The Morgan fingerprint density at radius 3 is 2.56 bits per heavy atom. The number of fused-ring (bicyclic) bond motifs is 1. The molecule has 1 aliphatic heterocycles. The van der Waals surface area contributed by atoms with E-state index in [2.05, 4.69) is 42.8 Å². The molecule has 34 heavy (non-hydrogen) atoms. The summed E-state index contributed by atoms with van der Waals surface area (Å²) in [4.78, 5) is 26.2. The summed E-state index contributed by atoms with van der Waals surface area (Å²) in [5.41, 5.74) is 2.41. The van der Waals surface area contributed by atoms with Crippen LogP contribution in [0.25, 0.3) is 10.2 Å². The van der Waals surface area contributed by atoms with Crippen LogP contribution < -0.4 is 10.6 Å². The summed E-state index contributed by atoms with van der Waals surface area (Å²) < 4.78 is 28.8. The van der Waals surface area contributed by atoms with E-state index < -0.39 is 16.1 Å². The molecule has 0 aromatic carbocycles. The van der Waals surface area contributed by atoms with E-state index in [1.54, 1.807) is 18.3 Å². The Hall–Kier alpha value is -2.39. The monoisotopic (exact) mass is 525 g/mol. The van der Waals surface area contributed by atoms with Crippen LogP contribution in [0.5, 0.6) is 0 Å². The normalized spacial score (nSPS) is 16.6. The van der Waals surface area contributed by atoms with Gasteiger partial charge in [0.1, 0.15) is 11.6 Å². The summed E-state index contributed by atoms with van der Waals surface area (Å²) in [6.07, 6.45) is -1.28. The van der Waals surface area contributed by atoms with E-state index in [0.29, 0.717) is 31.9 Å². The number of aryl methyl sites for hydroxylation is 3. The molecule has 1 aliphatic rings. The first-order chi connectivity index (χ1) is 16.0. The lowest BCUT2D eigenvalue weighted by Gasteiger charge is -2.35. The molecular weight excluding hydrogens is 498 g/mol. The predicted molar refractivity (Wildman–Crippen MR) is 134 cm³/mol. The maximum absolute atomic E-state index is 13.1. The van der Waals surface area contributed by atoms with Gasteiger partial charge in [-0.05, 0) is 38.6 Å². The van der Waals surface area contributed by atoms with Gasteiger partial charge in [-0.15, -0.1) is 11.3 Å². The van der Waals surface area contributed by atoms with E-state index in [1.807, 2.05) is 13.8 Å². The second kappa shape index (κ2) is 9.70. The molecule has 184 valence electrons. The molecule has 1 atom stereocenters. The quantitative estimate of drug-likeness (QED) is 0.424. The van der Waals surface area contributed by atoms with Gasteiger partial charge in [0.05, 0.1) is 15.9 Å². The van der Waals surface area contributed by atoms with Crippen LogP contribution in [0.3, 0.4) is 0 Å². The minimum atomic E-state index is -3.74. The second-order valence-corrected chi connectivity index (χ2v) is 12.3. The van der Waals surface area contributed by atoms with Crippen molar-refractivity contribution in [1.29, 1.82) is 0 Å². The smallest absolute Gasteiger partial charge is 0.410 e. The number of piperazine rings is 1. The fourth-order valence-corrected chi connectivity index (χ4v) is 7.85. The third-order valence-electron chi connectivity index (χ3n) is 5.49. The Balaban J connectivity index is 1.37. The first-order valence-corrected chi connectivity index (χ1v) is 13.9. The Labute approximate surface area is 205 Å². The number of amides is 1. The lowest BCUT2D eigenvalue weighted by molar-refractivity contribution is 0.184. The summed E-state index contributed by atoms with van der Waals surface area (Å²) >= 11 is 2.47. The molecule has 3 N–H and O–H groups in total. The maximum atomic E-state index is 13.1. The molecule has 0 bridgehead atoms. The van der Waals surface area contributed by atoms with Gasteiger partial charge in [-0.3, -0.25) is 10.2 Å². The Morgan fingerprint density at radius 1 is 1.18 bits per heavy atom. The zero-order valence-corrected chi connectivity index (χ0v) is 21.8. The van der Waals surface area contributed by atoms with Gasteiger partial charge in [-0.25, -0.2) is 28.2 Å². The van der Waals surface area contributed by atoms with Crippen molar-refractivity contribution >= 4 is 60.0 Å². The standard InChI is InChI=1S/C20H27N7O4S3/c1-11-10-32-16-15(11)23-14(4)24-17(16)21-12(2)9-26-5-7-27(8-6-26)34(30,31)18-13(3)22-19(33-18)25-20(28)29/h10,12H,5-9H2,1-4H3,(H,22,25)(H,28,29)(H,21,23,24)/t12-/m0/s1. The number of rotatable bonds is 7. The number of thiazole rings is 1. The highest BCUT2D eigenvalue weighted by Gasteiger charge is 2.32. The number of nitrogens with zero attached hydrogens (tertiary/aromatic N) is 5. The Morgan fingerprint density at radius 2 is 1.88 bits per heavy atom. The molecule has 0 aliphatic carbocycles. The SMILES string of the molecule is Cc1nc(N[C@@H](C)CN2CCN(S(=O)(=O)c3sc(NC(=O)O)nc3C)CC2)c2scc(C)c2n1. The van der Waals surface area contributed by atoms with Crippen LogP contribution in [-0.4, -0.2) is 82.5 Å². The Bertz CT molecular complexity index is 1310. The first kappa shape index (κ1) is 24.7. The number of hydrogen-bond donors (Lipinski definition) is 3. The van der Waals surface area contributed by atoms with E-state index >= 15 is 0 Å². The van der Waals surface area contributed by atoms with E-state index in [0.717, 1.165) is 45.3 Å². The average molecular weight is 526 g/mol. The van der Waals surface area contributed by atoms with E-state index in [9.17, 15) is 13.2 Å². The van der Waals surface area contributed by atoms with Crippen LogP contribution >= 0.6 is 22.7 Å². The van der Waals surface area contributed by atoms with Crippen LogP contribution in [0.2, 0.25) is 0 Å². The third-order valence-corrected chi connectivity index (χ3v) is 10.1. The van der Waals surface area contributed by atoms with Gasteiger partial charge < -0.3 is 10.4 Å². The van der Waals surface area contributed by atoms with Crippen LogP contribution in [0.4, 0.5) is 15.7 Å². The number of aromatic nitrogens is 3. The lowest BCUT2D eigenvalue weighted by atomic mass is 10.2. The summed E-state index contributed by atoms with van der Waals surface area (Å²) in [6, 6.07) is 0.108. The van der Waals surface area contributed by atoms with Crippen LogP contribution in [0.15, 0.2) is 9.59 Å². The van der Waals surface area contributed by atoms with Gasteiger partial charge in [-0.1, -0.05) is 11.3 Å². The zero-order valence-electron chi connectivity index (χ0n) is 19.3. The number of thiophene rings is 1. The molecule has 1 amide bonds. The molecule has 0 unspecified atom stereocenters. The van der Waals surface area contributed by atoms with Crippen LogP contribution in [0, 0.1) is 20.8 Å². The molecule has 4 heterocycles. The number of anilines is 2. The molecule has 4 rings (SSSR count). The maximum Gasteiger partial charge on any atom is 0.410 e. The van der Waals surface area contributed by atoms with Crippen molar-refractivity contribution in [3.05, 3.63) is 22.5 Å². The molecular formula is C20H27N7O4S3. The summed E-state index contributed by atoms with van der Waals surface area (Å²) in [7, 11) is -3.74. The summed E-state index contributed by atoms with van der Waals surface area (Å²) in [6.45, 7) is 10.2. The van der Waals surface area contributed by atoms with E-state index in [1.165, 1.54) is 4.31 Å². The number of carbonyl (C=O) groups is 1. The summed E-state index contributed by atoms with van der Waals surface area (Å²) in [5, 5.41) is 16.6. The number of sulfonamides is 1. The topological polar surface area (TPSA) is 141 Å². The molecule has 3 aromatic heterocycles. The first-order valence-electron chi connectivity index (χ1n) is 10.7. The molecule has 0 saturated carbocycles. The second-order valence-electron chi connectivity index (χ2n) is 8.29. The average Bonchev–Trinajstić information content (AvgIpc) is 3.30. The molecule has 1 saturated heterocycles. The van der Waals surface area contributed by atoms with Gasteiger partial charge in [0, 0.05) is 38.8 Å². The molecule has 11 nitrogen and oxygen atoms in total. The number of hydrogen-bond acceptors (Lipinski definition) is 10. The van der Waals surface area contributed by atoms with Gasteiger partial charge >= 0.3 is 6.09 Å². The van der Waals surface area contributed by atoms with Crippen LogP contribution in [0.1, 0.15) is 24.0 Å². The van der Waals surface area contributed by atoms with Crippen molar-refractivity contribution in [2.45, 2.75) is 37.9 Å². The van der Waals surface area contributed by atoms with Gasteiger partial charge in [0.2, 0.25) is 0 Å². The number of carboxylic acid groups (broad SMARTS) is 1. The van der Waals surface area contributed by atoms with Crippen molar-refractivity contribution in [3.63, 3.8) is 0 Å². The molecule has 0 radical (unpaired) electrons. The molecule has 1 fully saturated rings. The molecule has 14 heteroatoms. The Kier molecular flexibility index (Phi) is 7.05. The minimum absolute atomic E-state index is 0.0529. The van der Waals surface area contributed by atoms with Crippen molar-refractivity contribution < 1.29 is 18.3 Å². The zero-order chi connectivity index (χ0) is 24.6. The highest BCUT2D eigenvalue weighted by Crippen LogP contribution is 2.31. The fourth-order valence-electron chi connectivity index (χ4n) is 3.94. The van der Waals surface area contributed by atoms with Gasteiger partial charge in [0.25, 0.3) is 10.0 Å². The van der Waals surface area contributed by atoms with Crippen LogP contribution in [-0.2, 0) is 10.0 Å². The van der Waals surface area contributed by atoms with E-state index in [4.69, 9.17) is 5.11 Å². The largest absolute Gasteiger partial charge is 0.465 e. The minimum Gasteiger partial charge on any atom is -0.465 e. The molecule has 0 spiro atoms. The molecule has 3 aromatic rings. The lowest BCUT2D eigenvalue weighted by Crippen LogP contribution is -2.50. The third kappa shape index (κ3) is 5.15. The summed E-state index contributed by atoms with van der Waals surface area (Å²) in [5.74, 6) is 1.56. The fraction of sp³-hybridized carbons (Fsp3) is 0.500. The highest BCUT2D eigenvalue weighted by molar-refractivity contribution is 7.91. The van der Waals surface area contributed by atoms with E-state index in [-0.39, 0.29) is 15.4 Å². The van der Waals surface area contributed by atoms with Crippen molar-refractivity contribution in [2.75, 3.05) is 43.4 Å². The predicted octanol–water partition coefficient (Wildman–Crippen LogP) is 2.97. The van der Waals surface area contributed by atoms with Gasteiger partial charge in [0.15, 0.2) is 9.34 Å².